The van der Waals surface area contributed by atoms with E-state index >= 15 is 0 Å². The lowest BCUT2D eigenvalue weighted by Crippen LogP contribution is -2.30. The maximum absolute atomic E-state index is 13.2. The van der Waals surface area contributed by atoms with E-state index in [0.717, 1.165) is 43.5 Å². The summed E-state index contributed by atoms with van der Waals surface area (Å²) in [5.74, 6) is -1.13. The lowest BCUT2D eigenvalue weighted by atomic mass is 10.1. The highest BCUT2D eigenvalue weighted by Crippen LogP contribution is 2.36. The van der Waals surface area contributed by atoms with Crippen molar-refractivity contribution in [1.82, 2.24) is 0 Å². The molecule has 27 heavy (non-hydrogen) atoms. The number of alkyl halides is 3. The second-order valence-electron chi connectivity index (χ2n) is 6.36. The second kappa shape index (κ2) is 7.88. The van der Waals surface area contributed by atoms with E-state index in [1.807, 2.05) is 4.90 Å². The van der Waals surface area contributed by atoms with E-state index in [-0.39, 0.29) is 15.7 Å². The van der Waals surface area contributed by atoms with Crippen molar-refractivity contribution in [1.29, 1.82) is 0 Å². The zero-order chi connectivity index (χ0) is 19.6. The first-order valence-electron chi connectivity index (χ1n) is 8.48. The normalized spacial score (nSPS) is 14.9. The van der Waals surface area contributed by atoms with E-state index in [4.69, 9.17) is 0 Å². The van der Waals surface area contributed by atoms with E-state index in [1.54, 1.807) is 0 Å². The van der Waals surface area contributed by atoms with Crippen LogP contribution in [0, 0.1) is 5.82 Å². The first-order valence-corrected chi connectivity index (χ1v) is 9.27. The van der Waals surface area contributed by atoms with E-state index < -0.39 is 23.5 Å². The first-order chi connectivity index (χ1) is 12.8. The molecule has 2 aromatic carbocycles. The number of nitrogens with one attached hydrogen (secondary N) is 1. The van der Waals surface area contributed by atoms with Crippen molar-refractivity contribution < 1.29 is 22.4 Å². The summed E-state index contributed by atoms with van der Waals surface area (Å²) in [5, 5.41) is 2.56. The standard InChI is InChI=1S/C19H17BrF4N2O/c20-15-11-13(21)5-6-14(15)18(27)25-16-10-12(19(22,23)24)4-7-17(16)26-8-2-1-3-9-26/h4-7,10-11H,1-3,8-9H2,(H,25,27). The number of halogens is 5. The molecule has 0 unspecified atom stereocenters. The minimum atomic E-state index is -4.52. The molecule has 0 aliphatic carbocycles. The third kappa shape index (κ3) is 4.61. The summed E-state index contributed by atoms with van der Waals surface area (Å²) < 4.78 is 52.9. The number of carbonyl (C=O) groups excluding carboxylic acids is 1. The molecule has 0 aromatic heterocycles. The molecule has 8 heteroatoms. The lowest BCUT2D eigenvalue weighted by Gasteiger charge is -2.31. The molecule has 0 atom stereocenters. The number of hydrogen-bond donors (Lipinski definition) is 1. The van der Waals surface area contributed by atoms with Crippen LogP contribution in [0.3, 0.4) is 0 Å². The van der Waals surface area contributed by atoms with Crippen LogP contribution in [0.4, 0.5) is 28.9 Å². The quantitative estimate of drug-likeness (QED) is 0.602. The molecule has 0 bridgehead atoms. The van der Waals surface area contributed by atoms with Gasteiger partial charge in [-0.1, -0.05) is 0 Å². The molecule has 3 nitrogen and oxygen atoms in total. The van der Waals surface area contributed by atoms with Crippen molar-refractivity contribution in [2.45, 2.75) is 25.4 Å². The third-order valence-electron chi connectivity index (χ3n) is 4.44. The number of carbonyl (C=O) groups is 1. The van der Waals surface area contributed by atoms with Crippen molar-refractivity contribution in [3.05, 3.63) is 57.8 Å². The van der Waals surface area contributed by atoms with Crippen LogP contribution in [0.25, 0.3) is 0 Å². The minimum absolute atomic E-state index is 0.0907. The van der Waals surface area contributed by atoms with Gasteiger partial charge in [-0.05, 0) is 71.6 Å². The van der Waals surface area contributed by atoms with Gasteiger partial charge in [-0.25, -0.2) is 4.39 Å². The topological polar surface area (TPSA) is 32.3 Å². The number of rotatable bonds is 3. The van der Waals surface area contributed by atoms with E-state index in [9.17, 15) is 22.4 Å². The molecule has 1 saturated heterocycles. The molecule has 0 radical (unpaired) electrons. The zero-order valence-corrected chi connectivity index (χ0v) is 15.8. The SMILES string of the molecule is O=C(Nc1cc(C(F)(F)F)ccc1N1CCCCC1)c1ccc(F)cc1Br. The highest BCUT2D eigenvalue weighted by Gasteiger charge is 2.32. The Bertz CT molecular complexity index is 848. The smallest absolute Gasteiger partial charge is 0.370 e. The van der Waals surface area contributed by atoms with Crippen LogP contribution in [0.5, 0.6) is 0 Å². The Morgan fingerprint density at radius 1 is 1.04 bits per heavy atom. The Balaban J connectivity index is 1.96. The summed E-state index contributed by atoms with van der Waals surface area (Å²) in [7, 11) is 0. The van der Waals surface area contributed by atoms with Crippen molar-refractivity contribution >= 4 is 33.2 Å². The molecule has 0 saturated carbocycles. The Hall–Kier alpha value is -2.09. The monoisotopic (exact) mass is 444 g/mol. The number of hydrogen-bond acceptors (Lipinski definition) is 2. The van der Waals surface area contributed by atoms with Crippen molar-refractivity contribution in [2.75, 3.05) is 23.3 Å². The molecular formula is C19H17BrF4N2O. The third-order valence-corrected chi connectivity index (χ3v) is 5.10. The Morgan fingerprint density at radius 3 is 2.37 bits per heavy atom. The summed E-state index contributed by atoms with van der Waals surface area (Å²) in [6, 6.07) is 6.89. The van der Waals surface area contributed by atoms with Crippen molar-refractivity contribution in [3.8, 4) is 0 Å². The summed E-state index contributed by atoms with van der Waals surface area (Å²) in [6.45, 7) is 1.43. The molecule has 1 amide bonds. The van der Waals surface area contributed by atoms with Gasteiger partial charge in [-0.3, -0.25) is 4.79 Å². The van der Waals surface area contributed by atoms with Gasteiger partial charge in [0, 0.05) is 17.6 Å². The van der Waals surface area contributed by atoms with Gasteiger partial charge in [-0.2, -0.15) is 13.2 Å². The minimum Gasteiger partial charge on any atom is -0.370 e. The Kier molecular flexibility index (Phi) is 5.74. The average Bonchev–Trinajstić information content (AvgIpc) is 2.61. The van der Waals surface area contributed by atoms with Gasteiger partial charge in [-0.15, -0.1) is 0 Å². The largest absolute Gasteiger partial charge is 0.416 e. The maximum Gasteiger partial charge on any atom is 0.416 e. The van der Waals surface area contributed by atoms with Crippen LogP contribution >= 0.6 is 15.9 Å². The zero-order valence-electron chi connectivity index (χ0n) is 14.2. The van der Waals surface area contributed by atoms with Gasteiger partial charge in [0.2, 0.25) is 0 Å². The number of piperidine rings is 1. The van der Waals surface area contributed by atoms with Crippen LogP contribution in [0.1, 0.15) is 35.2 Å². The highest BCUT2D eigenvalue weighted by atomic mass is 79.9. The van der Waals surface area contributed by atoms with Crippen LogP contribution in [-0.4, -0.2) is 19.0 Å². The van der Waals surface area contributed by atoms with Gasteiger partial charge in [0.15, 0.2) is 0 Å². The second-order valence-corrected chi connectivity index (χ2v) is 7.21. The molecule has 1 N–H and O–H groups in total. The fourth-order valence-electron chi connectivity index (χ4n) is 3.09. The number of anilines is 2. The lowest BCUT2D eigenvalue weighted by molar-refractivity contribution is -0.137. The predicted molar refractivity (Wildman–Crippen MR) is 99.6 cm³/mol. The molecule has 1 aliphatic heterocycles. The average molecular weight is 445 g/mol. The van der Waals surface area contributed by atoms with Crippen LogP contribution in [0.15, 0.2) is 40.9 Å². The molecule has 144 valence electrons. The van der Waals surface area contributed by atoms with Crippen LogP contribution in [-0.2, 0) is 6.18 Å². The molecule has 1 fully saturated rings. The van der Waals surface area contributed by atoms with Crippen LogP contribution in [0.2, 0.25) is 0 Å². The molecular weight excluding hydrogens is 428 g/mol. The summed E-state index contributed by atoms with van der Waals surface area (Å²) in [4.78, 5) is 14.6. The van der Waals surface area contributed by atoms with Crippen molar-refractivity contribution in [2.24, 2.45) is 0 Å². The molecule has 2 aromatic rings. The van der Waals surface area contributed by atoms with Gasteiger partial charge < -0.3 is 10.2 Å². The Labute approximate surface area is 162 Å². The number of amides is 1. The Morgan fingerprint density at radius 2 is 1.74 bits per heavy atom. The van der Waals surface area contributed by atoms with Crippen LogP contribution < -0.4 is 10.2 Å². The number of nitrogens with zero attached hydrogens (tertiary/aromatic N) is 1. The van der Waals surface area contributed by atoms with E-state index in [1.165, 1.54) is 12.1 Å². The molecule has 3 rings (SSSR count). The van der Waals surface area contributed by atoms with E-state index in [2.05, 4.69) is 21.2 Å². The van der Waals surface area contributed by atoms with E-state index in [0.29, 0.717) is 18.8 Å². The fourth-order valence-corrected chi connectivity index (χ4v) is 3.62. The molecule has 1 heterocycles. The maximum atomic E-state index is 13.2. The summed E-state index contributed by atoms with van der Waals surface area (Å²) in [5.41, 5.74) is -0.0580. The number of benzene rings is 2. The van der Waals surface area contributed by atoms with Gasteiger partial charge in [0.05, 0.1) is 22.5 Å². The summed E-state index contributed by atoms with van der Waals surface area (Å²) >= 11 is 3.11. The predicted octanol–water partition coefficient (Wildman–Crippen LogP) is 5.85. The summed E-state index contributed by atoms with van der Waals surface area (Å²) in [6.07, 6.45) is -1.56. The van der Waals surface area contributed by atoms with Gasteiger partial charge in [0.1, 0.15) is 5.82 Å². The highest BCUT2D eigenvalue weighted by molar-refractivity contribution is 9.10. The molecule has 1 aliphatic rings. The van der Waals surface area contributed by atoms with Gasteiger partial charge >= 0.3 is 6.18 Å². The molecule has 0 spiro atoms. The van der Waals surface area contributed by atoms with Crippen molar-refractivity contribution in [3.63, 3.8) is 0 Å². The first kappa shape index (κ1) is 19.7. The fraction of sp³-hybridized carbons (Fsp3) is 0.316. The van der Waals surface area contributed by atoms with Gasteiger partial charge in [0.25, 0.3) is 5.91 Å².